The van der Waals surface area contributed by atoms with E-state index in [0.29, 0.717) is 6.42 Å². The Balaban J connectivity index is 1.94. The summed E-state index contributed by atoms with van der Waals surface area (Å²) in [6, 6.07) is 0. The van der Waals surface area contributed by atoms with Crippen molar-refractivity contribution in [3.05, 3.63) is 16.8 Å². The molecule has 1 aliphatic heterocycles. The van der Waals surface area contributed by atoms with Gasteiger partial charge in [-0.05, 0) is 42.4 Å². The molecule has 0 spiro atoms. The molecule has 0 saturated carbocycles. The number of hydrogen-bond donors (Lipinski definition) is 3. The Morgan fingerprint density at radius 1 is 1.45 bits per heavy atom. The molecular weight excluding hydrogens is 427 g/mol. The monoisotopic (exact) mass is 453 g/mol. The van der Waals surface area contributed by atoms with Crippen LogP contribution in [0.25, 0.3) is 21.6 Å². The molecule has 3 rings (SSSR count). The average Bonchev–Trinajstić information content (AvgIpc) is 3.21. The highest BCUT2D eigenvalue weighted by Gasteiger charge is 2.49. The summed E-state index contributed by atoms with van der Waals surface area (Å²) in [6.45, 7) is 7.25. The minimum absolute atomic E-state index is 0.0622. The number of azide groups is 1. The van der Waals surface area contributed by atoms with Crippen molar-refractivity contribution in [3.8, 4) is 0 Å². The molecule has 6 atom stereocenters. The molecule has 2 aromatic rings. The third-order valence-corrected chi connectivity index (χ3v) is 6.79. The van der Waals surface area contributed by atoms with Gasteiger partial charge in [0.25, 0.3) is 0 Å². The van der Waals surface area contributed by atoms with Crippen LogP contribution in [0.3, 0.4) is 0 Å². The predicted octanol–water partition coefficient (Wildman–Crippen LogP) is 2.70. The average molecular weight is 453 g/mol. The van der Waals surface area contributed by atoms with Gasteiger partial charge in [-0.25, -0.2) is 15.0 Å². The zero-order valence-electron chi connectivity index (χ0n) is 17.7. The van der Waals surface area contributed by atoms with Crippen LogP contribution in [0.15, 0.2) is 11.4 Å². The molecule has 3 unspecified atom stereocenters. The number of anilines is 1. The second-order valence-corrected chi connectivity index (χ2v) is 9.71. The van der Waals surface area contributed by atoms with E-state index in [0.717, 1.165) is 0 Å². The summed E-state index contributed by atoms with van der Waals surface area (Å²) in [5.41, 5.74) is 14.1. The van der Waals surface area contributed by atoms with Crippen LogP contribution in [0.1, 0.15) is 46.8 Å². The number of imidazole rings is 1. The predicted molar refractivity (Wildman–Crippen MR) is 112 cm³/mol. The van der Waals surface area contributed by atoms with Gasteiger partial charge < -0.3 is 20.7 Å². The lowest BCUT2D eigenvalue weighted by Gasteiger charge is -2.27. The molecule has 3 heterocycles. The van der Waals surface area contributed by atoms with E-state index in [1.54, 1.807) is 20.8 Å². The van der Waals surface area contributed by atoms with Gasteiger partial charge in [-0.3, -0.25) is 4.57 Å². The number of rotatable bonds is 8. The fourth-order valence-electron chi connectivity index (χ4n) is 3.37. The van der Waals surface area contributed by atoms with Crippen molar-refractivity contribution < 1.29 is 24.0 Å². The van der Waals surface area contributed by atoms with E-state index >= 15 is 0 Å². The largest absolute Gasteiger partial charge is 0.511 e. The van der Waals surface area contributed by atoms with Gasteiger partial charge in [-0.2, -0.15) is 0 Å². The second kappa shape index (κ2) is 8.99. The Kier molecular flexibility index (Phi) is 6.75. The van der Waals surface area contributed by atoms with Crippen LogP contribution in [0.2, 0.25) is 0 Å². The summed E-state index contributed by atoms with van der Waals surface area (Å²) >= 11 is 0. The van der Waals surface area contributed by atoms with E-state index < -0.39 is 38.2 Å². The molecule has 31 heavy (non-hydrogen) atoms. The minimum atomic E-state index is -1.91. The van der Waals surface area contributed by atoms with Gasteiger partial charge in [0.15, 0.2) is 28.9 Å². The van der Waals surface area contributed by atoms with Gasteiger partial charge in [0.05, 0.1) is 6.10 Å². The maximum atomic E-state index is 12.3. The van der Waals surface area contributed by atoms with Crippen LogP contribution in [0.5, 0.6) is 0 Å². The van der Waals surface area contributed by atoms with Crippen LogP contribution < -0.4 is 5.73 Å². The van der Waals surface area contributed by atoms with Crippen molar-refractivity contribution in [3.63, 3.8) is 0 Å². The molecule has 4 N–H and O–H groups in total. The number of hydrogen-bond acceptors (Lipinski definition) is 10. The molecule has 168 valence electrons. The molecular formula is C17H26N8O5P+. The molecule has 0 bridgehead atoms. The zero-order chi connectivity index (χ0) is 22.9. The smallest absolute Gasteiger partial charge is 0.388 e. The number of aliphatic hydroxyl groups is 2. The van der Waals surface area contributed by atoms with Crippen molar-refractivity contribution in [2.75, 3.05) is 5.73 Å². The lowest BCUT2D eigenvalue weighted by molar-refractivity contribution is -0.0615. The Morgan fingerprint density at radius 2 is 2.16 bits per heavy atom. The van der Waals surface area contributed by atoms with Gasteiger partial charge in [0.2, 0.25) is 5.95 Å². The Hall–Kier alpha value is -2.40. The van der Waals surface area contributed by atoms with Crippen molar-refractivity contribution in [2.24, 2.45) is 5.11 Å². The minimum Gasteiger partial charge on any atom is -0.388 e. The highest BCUT2D eigenvalue weighted by Crippen LogP contribution is 2.43. The molecule has 0 aromatic carbocycles. The summed E-state index contributed by atoms with van der Waals surface area (Å²) < 4.78 is 25.3. The number of fused-ring (bicyclic) bond motifs is 1. The molecule has 13 nitrogen and oxygen atoms in total. The Labute approximate surface area is 179 Å². The molecule has 1 fully saturated rings. The van der Waals surface area contributed by atoms with Crippen LogP contribution >= 0.6 is 8.03 Å². The van der Waals surface area contributed by atoms with Crippen LogP contribution in [0, 0.1) is 0 Å². The molecule has 0 aliphatic carbocycles. The number of aliphatic hydroxyl groups excluding tert-OH is 2. The van der Waals surface area contributed by atoms with Crippen LogP contribution in [0.4, 0.5) is 11.8 Å². The maximum absolute atomic E-state index is 12.3. The van der Waals surface area contributed by atoms with Crippen molar-refractivity contribution in [2.45, 2.75) is 76.3 Å². The molecule has 0 radical (unpaired) electrons. The van der Waals surface area contributed by atoms with Gasteiger partial charge in [-0.1, -0.05) is 6.92 Å². The standard InChI is InChI=1S/C17H26N8O5P/c1-5-17(4,30-31(28)8(2)3)6-9-11(26)12(27)15(29-9)25-14-10(13(18)20-7-21-14)22-16(25)23-24-19/h7-9,11-12,15,26-27H,5-6H2,1-4H3,(H2,18,20,21)/q+1/t9-,11?,12-,15?,17-/m1/s1. The normalized spacial score (nSPS) is 26.1. The van der Waals surface area contributed by atoms with Crippen molar-refractivity contribution in [1.82, 2.24) is 19.5 Å². The molecule has 1 aliphatic rings. The van der Waals surface area contributed by atoms with E-state index in [1.807, 2.05) is 6.92 Å². The summed E-state index contributed by atoms with van der Waals surface area (Å²) in [5, 5.41) is 24.9. The molecule has 0 amide bonds. The third kappa shape index (κ3) is 4.47. The molecule has 14 heteroatoms. The number of nitrogens with zero attached hydrogens (tertiary/aromatic N) is 7. The first-order chi connectivity index (χ1) is 14.6. The van der Waals surface area contributed by atoms with E-state index in [4.69, 9.17) is 20.5 Å². The Bertz CT molecular complexity index is 1030. The summed E-state index contributed by atoms with van der Waals surface area (Å²) in [7, 11) is -1.91. The van der Waals surface area contributed by atoms with Gasteiger partial charge in [0, 0.05) is 11.3 Å². The van der Waals surface area contributed by atoms with E-state index in [1.165, 1.54) is 10.9 Å². The van der Waals surface area contributed by atoms with Gasteiger partial charge in [-0.15, -0.1) is 4.52 Å². The zero-order valence-corrected chi connectivity index (χ0v) is 18.5. The summed E-state index contributed by atoms with van der Waals surface area (Å²) in [6.07, 6.45) is -2.79. The van der Waals surface area contributed by atoms with E-state index in [-0.39, 0.29) is 35.0 Å². The fourth-order valence-corrected chi connectivity index (χ4v) is 4.21. The SMILES string of the molecule is CC[C@](C)(C[C@H]1OC(n2c(N=[N+]=[N-])nc3c(N)ncnc32)[C@H](O)C1O)O[P+](=O)C(C)C. The molecule has 1 saturated heterocycles. The lowest BCUT2D eigenvalue weighted by Crippen LogP contribution is -2.38. The third-order valence-electron chi connectivity index (χ3n) is 5.33. The maximum Gasteiger partial charge on any atom is 0.511 e. The van der Waals surface area contributed by atoms with Gasteiger partial charge >= 0.3 is 8.03 Å². The van der Waals surface area contributed by atoms with E-state index in [9.17, 15) is 14.8 Å². The highest BCUT2D eigenvalue weighted by atomic mass is 31.1. The number of ether oxygens (including phenoxy) is 1. The first-order valence-electron chi connectivity index (χ1n) is 9.82. The second-order valence-electron chi connectivity index (χ2n) is 7.93. The quantitative estimate of drug-likeness (QED) is 0.233. The van der Waals surface area contributed by atoms with Crippen LogP contribution in [-0.4, -0.2) is 59.3 Å². The topological polar surface area (TPSA) is 194 Å². The van der Waals surface area contributed by atoms with Crippen LogP contribution in [-0.2, 0) is 13.8 Å². The van der Waals surface area contributed by atoms with Crippen molar-refractivity contribution in [1.29, 1.82) is 0 Å². The first-order valence-corrected chi connectivity index (χ1v) is 11.1. The lowest BCUT2D eigenvalue weighted by atomic mass is 9.93. The fraction of sp³-hybridized carbons (Fsp3) is 0.706. The first kappa shape index (κ1) is 23.3. The Morgan fingerprint density at radius 3 is 2.77 bits per heavy atom. The number of aromatic nitrogens is 4. The highest BCUT2D eigenvalue weighted by molar-refractivity contribution is 7.40. The summed E-state index contributed by atoms with van der Waals surface area (Å²) in [4.78, 5) is 14.9. The number of nitrogen functional groups attached to an aromatic ring is 1. The number of nitrogens with two attached hydrogens (primary N) is 1. The van der Waals surface area contributed by atoms with Crippen molar-refractivity contribution >= 4 is 31.0 Å². The summed E-state index contributed by atoms with van der Waals surface area (Å²) in [5.74, 6) is -0.0776. The van der Waals surface area contributed by atoms with E-state index in [2.05, 4.69) is 25.0 Å². The van der Waals surface area contributed by atoms with Gasteiger partial charge in [0.1, 0.15) is 24.1 Å². The molecule has 2 aromatic heterocycles.